The molecule has 0 bridgehead atoms. The third-order valence-corrected chi connectivity index (χ3v) is 5.08. The molecular formula is C21H23NO. The lowest BCUT2D eigenvalue weighted by atomic mass is 9.90. The van der Waals surface area contributed by atoms with E-state index in [0.717, 1.165) is 18.5 Å². The van der Waals surface area contributed by atoms with Crippen molar-refractivity contribution < 1.29 is 5.11 Å². The largest absolute Gasteiger partial charge is 0.388 e. The Balaban J connectivity index is 1.77. The molecule has 2 unspecified atom stereocenters. The maximum atomic E-state index is 10.9. The molecule has 0 saturated carbocycles. The topological polar surface area (TPSA) is 32.3 Å². The van der Waals surface area contributed by atoms with Crippen molar-refractivity contribution in [2.45, 2.75) is 37.8 Å². The predicted octanol–water partition coefficient (Wildman–Crippen LogP) is 4.56. The molecule has 0 amide bonds. The second-order valence-corrected chi connectivity index (χ2v) is 6.63. The molecule has 4 rings (SSSR count). The van der Waals surface area contributed by atoms with E-state index in [-0.39, 0.29) is 0 Å². The van der Waals surface area contributed by atoms with Crippen molar-refractivity contribution in [3.8, 4) is 0 Å². The van der Waals surface area contributed by atoms with Crippen LogP contribution in [0.25, 0.3) is 21.5 Å². The van der Waals surface area contributed by atoms with Crippen molar-refractivity contribution in [1.29, 1.82) is 0 Å². The van der Waals surface area contributed by atoms with E-state index in [4.69, 9.17) is 0 Å². The quantitative estimate of drug-likeness (QED) is 0.695. The van der Waals surface area contributed by atoms with Crippen molar-refractivity contribution in [1.82, 2.24) is 5.32 Å². The van der Waals surface area contributed by atoms with Crippen LogP contribution in [0.4, 0.5) is 0 Å². The van der Waals surface area contributed by atoms with Crippen molar-refractivity contribution in [2.24, 2.45) is 0 Å². The summed E-state index contributed by atoms with van der Waals surface area (Å²) in [6.45, 7) is 1.08. The van der Waals surface area contributed by atoms with Crippen LogP contribution in [0.2, 0.25) is 0 Å². The molecule has 0 aromatic heterocycles. The van der Waals surface area contributed by atoms with Gasteiger partial charge in [-0.1, -0.05) is 55.0 Å². The lowest BCUT2D eigenvalue weighted by Crippen LogP contribution is -2.35. The number of benzene rings is 3. The van der Waals surface area contributed by atoms with E-state index in [1.165, 1.54) is 40.8 Å². The van der Waals surface area contributed by atoms with Crippen LogP contribution in [0.3, 0.4) is 0 Å². The van der Waals surface area contributed by atoms with Crippen molar-refractivity contribution in [3.63, 3.8) is 0 Å². The fraction of sp³-hybridized carbons (Fsp3) is 0.333. The van der Waals surface area contributed by atoms with Crippen LogP contribution in [0.1, 0.15) is 37.4 Å². The molecule has 2 atom stereocenters. The number of rotatable bonds is 3. The Hall–Kier alpha value is -1.90. The second-order valence-electron chi connectivity index (χ2n) is 6.63. The predicted molar refractivity (Wildman–Crippen MR) is 96.7 cm³/mol. The van der Waals surface area contributed by atoms with Gasteiger partial charge in [-0.3, -0.25) is 0 Å². The highest BCUT2D eigenvalue weighted by Crippen LogP contribution is 2.34. The Morgan fingerprint density at radius 2 is 1.70 bits per heavy atom. The van der Waals surface area contributed by atoms with E-state index in [2.05, 4.69) is 59.9 Å². The Labute approximate surface area is 137 Å². The van der Waals surface area contributed by atoms with Gasteiger partial charge in [0.25, 0.3) is 0 Å². The first-order valence-electron chi connectivity index (χ1n) is 8.65. The van der Waals surface area contributed by atoms with Gasteiger partial charge in [0.05, 0.1) is 6.10 Å². The minimum atomic E-state index is -0.417. The van der Waals surface area contributed by atoms with Gasteiger partial charge in [-0.2, -0.15) is 0 Å². The van der Waals surface area contributed by atoms with Crippen LogP contribution < -0.4 is 5.32 Å². The van der Waals surface area contributed by atoms with Crippen LogP contribution in [0, 0.1) is 0 Å². The lowest BCUT2D eigenvalue weighted by Gasteiger charge is -2.26. The summed E-state index contributed by atoms with van der Waals surface area (Å²) < 4.78 is 0. The van der Waals surface area contributed by atoms with Gasteiger partial charge in [-0.15, -0.1) is 0 Å². The second kappa shape index (κ2) is 6.31. The average molecular weight is 305 g/mol. The summed E-state index contributed by atoms with van der Waals surface area (Å²) in [6.07, 6.45) is 4.07. The van der Waals surface area contributed by atoms with Gasteiger partial charge in [-0.05, 0) is 59.0 Å². The Kier molecular flexibility index (Phi) is 4.02. The minimum Gasteiger partial charge on any atom is -0.388 e. The summed E-state index contributed by atoms with van der Waals surface area (Å²) in [5.41, 5.74) is 1.06. The molecule has 0 radical (unpaired) electrons. The first-order chi connectivity index (χ1) is 11.3. The summed E-state index contributed by atoms with van der Waals surface area (Å²) in [5.74, 6) is 0. The van der Waals surface area contributed by atoms with Crippen molar-refractivity contribution in [3.05, 3.63) is 60.2 Å². The van der Waals surface area contributed by atoms with E-state index < -0.39 is 6.10 Å². The molecule has 2 nitrogen and oxygen atoms in total. The van der Waals surface area contributed by atoms with Crippen LogP contribution in [-0.4, -0.2) is 17.7 Å². The summed E-state index contributed by atoms with van der Waals surface area (Å²) >= 11 is 0. The number of aliphatic hydroxyl groups excluding tert-OH is 1. The van der Waals surface area contributed by atoms with E-state index in [1.54, 1.807) is 0 Å². The number of fused-ring (bicyclic) bond motifs is 3. The van der Waals surface area contributed by atoms with Crippen LogP contribution in [0.15, 0.2) is 54.6 Å². The number of hydrogen-bond donors (Lipinski definition) is 2. The van der Waals surface area contributed by atoms with Gasteiger partial charge in [0.15, 0.2) is 0 Å². The molecule has 0 aliphatic carbocycles. The van der Waals surface area contributed by atoms with E-state index >= 15 is 0 Å². The lowest BCUT2D eigenvalue weighted by molar-refractivity contribution is 0.146. The van der Waals surface area contributed by atoms with Crippen molar-refractivity contribution >= 4 is 21.5 Å². The summed E-state index contributed by atoms with van der Waals surface area (Å²) in [7, 11) is 0. The van der Waals surface area contributed by atoms with E-state index in [0.29, 0.717) is 6.04 Å². The van der Waals surface area contributed by atoms with Crippen LogP contribution in [-0.2, 0) is 0 Å². The van der Waals surface area contributed by atoms with Crippen LogP contribution in [0.5, 0.6) is 0 Å². The zero-order valence-corrected chi connectivity index (χ0v) is 13.3. The molecule has 3 aromatic rings. The smallest absolute Gasteiger partial charge is 0.0811 e. The van der Waals surface area contributed by atoms with Gasteiger partial charge < -0.3 is 10.4 Å². The molecule has 0 spiro atoms. The fourth-order valence-corrected chi connectivity index (χ4v) is 3.88. The molecule has 23 heavy (non-hydrogen) atoms. The first-order valence-corrected chi connectivity index (χ1v) is 8.65. The maximum Gasteiger partial charge on any atom is 0.0811 e. The first kappa shape index (κ1) is 14.7. The Bertz CT molecular complexity index is 820. The molecule has 1 aliphatic rings. The molecule has 2 N–H and O–H groups in total. The highest BCUT2D eigenvalue weighted by molar-refractivity contribution is 6.09. The van der Waals surface area contributed by atoms with E-state index in [1.807, 2.05) is 0 Å². The van der Waals surface area contributed by atoms with Gasteiger partial charge in [0, 0.05) is 6.04 Å². The average Bonchev–Trinajstić information content (AvgIpc) is 2.62. The van der Waals surface area contributed by atoms with Gasteiger partial charge >= 0.3 is 0 Å². The standard InChI is InChI=1S/C21H23NO/c23-21(14-16-8-5-6-12-22-16)20-13-15-7-1-2-9-17(15)18-10-3-4-11-19(18)20/h1-4,7,9-11,13,16,21-23H,5-6,8,12,14H2. The third-order valence-electron chi connectivity index (χ3n) is 5.08. The molecule has 1 aliphatic heterocycles. The van der Waals surface area contributed by atoms with Gasteiger partial charge in [-0.25, -0.2) is 0 Å². The van der Waals surface area contributed by atoms with Crippen LogP contribution >= 0.6 is 0 Å². The monoisotopic (exact) mass is 305 g/mol. The highest BCUT2D eigenvalue weighted by Gasteiger charge is 2.20. The Morgan fingerprint density at radius 1 is 0.957 bits per heavy atom. The van der Waals surface area contributed by atoms with E-state index in [9.17, 15) is 5.11 Å². The summed E-state index contributed by atoms with van der Waals surface area (Å²) in [6, 6.07) is 19.5. The molecular weight excluding hydrogens is 282 g/mol. The molecule has 1 heterocycles. The fourth-order valence-electron chi connectivity index (χ4n) is 3.88. The Morgan fingerprint density at radius 3 is 2.48 bits per heavy atom. The zero-order valence-electron chi connectivity index (χ0n) is 13.3. The third kappa shape index (κ3) is 2.85. The molecule has 1 fully saturated rings. The summed E-state index contributed by atoms with van der Waals surface area (Å²) in [5, 5.41) is 19.3. The molecule has 1 saturated heterocycles. The van der Waals surface area contributed by atoms with Gasteiger partial charge in [0.1, 0.15) is 0 Å². The summed E-state index contributed by atoms with van der Waals surface area (Å²) in [4.78, 5) is 0. The zero-order chi connectivity index (χ0) is 15.6. The number of piperidine rings is 1. The normalized spacial score (nSPS) is 20.0. The minimum absolute atomic E-state index is 0.417. The number of hydrogen-bond acceptors (Lipinski definition) is 2. The maximum absolute atomic E-state index is 10.9. The SMILES string of the molecule is OC(CC1CCCCN1)c1cc2ccccc2c2ccccc12. The highest BCUT2D eigenvalue weighted by atomic mass is 16.3. The molecule has 3 aromatic carbocycles. The molecule has 118 valence electrons. The number of nitrogens with one attached hydrogen (secondary N) is 1. The molecule has 2 heteroatoms. The van der Waals surface area contributed by atoms with Gasteiger partial charge in [0.2, 0.25) is 0 Å². The van der Waals surface area contributed by atoms with Crippen molar-refractivity contribution in [2.75, 3.05) is 6.54 Å². The number of aliphatic hydroxyl groups is 1.